The van der Waals surface area contributed by atoms with Crippen LogP contribution in [0.1, 0.15) is 6.92 Å². The highest BCUT2D eigenvalue weighted by molar-refractivity contribution is 5.78. The minimum atomic E-state index is 0.0841. The summed E-state index contributed by atoms with van der Waals surface area (Å²) in [6, 6.07) is 0.437. The van der Waals surface area contributed by atoms with Crippen LogP contribution in [0.15, 0.2) is 0 Å². The first-order chi connectivity index (χ1) is 7.24. The Balaban J connectivity index is 2.18. The SMILES string of the molecule is COCCNC(=O)CN1CCNC[C@H]1C. The first-order valence-electron chi connectivity index (χ1n) is 5.44. The second-order valence-electron chi connectivity index (χ2n) is 3.87. The summed E-state index contributed by atoms with van der Waals surface area (Å²) in [5.41, 5.74) is 0. The number of piperazine rings is 1. The van der Waals surface area contributed by atoms with Crippen LogP contribution in [0.4, 0.5) is 0 Å². The van der Waals surface area contributed by atoms with Crippen LogP contribution in [0.3, 0.4) is 0 Å². The molecule has 1 heterocycles. The molecule has 0 spiro atoms. The zero-order valence-corrected chi connectivity index (χ0v) is 9.58. The second-order valence-corrected chi connectivity index (χ2v) is 3.87. The van der Waals surface area contributed by atoms with Gasteiger partial charge < -0.3 is 15.4 Å². The third-order valence-corrected chi connectivity index (χ3v) is 2.61. The van der Waals surface area contributed by atoms with Gasteiger partial charge in [-0.1, -0.05) is 0 Å². The topological polar surface area (TPSA) is 53.6 Å². The van der Waals surface area contributed by atoms with E-state index in [-0.39, 0.29) is 5.91 Å². The van der Waals surface area contributed by atoms with E-state index < -0.39 is 0 Å². The number of carbonyl (C=O) groups excluding carboxylic acids is 1. The Morgan fingerprint density at radius 2 is 2.47 bits per heavy atom. The van der Waals surface area contributed by atoms with Crippen LogP contribution in [-0.4, -0.2) is 63.3 Å². The van der Waals surface area contributed by atoms with Gasteiger partial charge in [0.05, 0.1) is 13.2 Å². The Labute approximate surface area is 91.2 Å². The number of hydrogen-bond acceptors (Lipinski definition) is 4. The minimum absolute atomic E-state index is 0.0841. The first-order valence-corrected chi connectivity index (χ1v) is 5.44. The van der Waals surface area contributed by atoms with Gasteiger partial charge in [-0.2, -0.15) is 0 Å². The quantitative estimate of drug-likeness (QED) is 0.580. The van der Waals surface area contributed by atoms with Crippen molar-refractivity contribution >= 4 is 5.91 Å². The number of rotatable bonds is 5. The van der Waals surface area contributed by atoms with Gasteiger partial charge in [0, 0.05) is 39.3 Å². The Bertz CT molecular complexity index is 199. The molecule has 0 saturated carbocycles. The van der Waals surface area contributed by atoms with E-state index in [0.29, 0.717) is 25.7 Å². The average Bonchev–Trinajstić information content (AvgIpc) is 2.22. The summed E-state index contributed by atoms with van der Waals surface area (Å²) < 4.78 is 4.87. The van der Waals surface area contributed by atoms with Crippen molar-refractivity contribution in [2.75, 3.05) is 46.4 Å². The highest BCUT2D eigenvalue weighted by Crippen LogP contribution is 2.00. The van der Waals surface area contributed by atoms with Gasteiger partial charge in [-0.05, 0) is 6.92 Å². The van der Waals surface area contributed by atoms with E-state index in [1.54, 1.807) is 7.11 Å². The van der Waals surface area contributed by atoms with E-state index in [2.05, 4.69) is 22.5 Å². The highest BCUT2D eigenvalue weighted by Gasteiger charge is 2.19. The van der Waals surface area contributed by atoms with E-state index in [9.17, 15) is 4.79 Å². The van der Waals surface area contributed by atoms with Gasteiger partial charge in [0.25, 0.3) is 0 Å². The molecule has 1 fully saturated rings. The number of nitrogens with zero attached hydrogens (tertiary/aromatic N) is 1. The van der Waals surface area contributed by atoms with Gasteiger partial charge in [0.15, 0.2) is 0 Å². The number of amides is 1. The van der Waals surface area contributed by atoms with Crippen molar-refractivity contribution in [3.63, 3.8) is 0 Å². The van der Waals surface area contributed by atoms with E-state index in [1.165, 1.54) is 0 Å². The molecule has 0 radical (unpaired) electrons. The smallest absolute Gasteiger partial charge is 0.234 e. The Kier molecular flexibility index (Phi) is 5.60. The van der Waals surface area contributed by atoms with E-state index in [0.717, 1.165) is 19.6 Å². The summed E-state index contributed by atoms with van der Waals surface area (Å²) in [5, 5.41) is 6.12. The molecule has 88 valence electrons. The lowest BCUT2D eigenvalue weighted by atomic mass is 10.2. The maximum absolute atomic E-state index is 11.5. The lowest BCUT2D eigenvalue weighted by molar-refractivity contribution is -0.123. The molecule has 1 amide bonds. The van der Waals surface area contributed by atoms with Crippen molar-refractivity contribution in [3.05, 3.63) is 0 Å². The molecule has 5 heteroatoms. The maximum Gasteiger partial charge on any atom is 0.234 e. The van der Waals surface area contributed by atoms with Crippen molar-refractivity contribution in [2.24, 2.45) is 0 Å². The molecule has 5 nitrogen and oxygen atoms in total. The normalized spacial score (nSPS) is 22.7. The third kappa shape index (κ3) is 4.59. The van der Waals surface area contributed by atoms with Crippen molar-refractivity contribution < 1.29 is 9.53 Å². The van der Waals surface area contributed by atoms with E-state index >= 15 is 0 Å². The molecule has 1 aliphatic heterocycles. The zero-order valence-electron chi connectivity index (χ0n) is 9.58. The molecule has 1 saturated heterocycles. The Morgan fingerprint density at radius 3 is 3.13 bits per heavy atom. The summed E-state index contributed by atoms with van der Waals surface area (Å²) in [4.78, 5) is 13.7. The van der Waals surface area contributed by atoms with Gasteiger partial charge >= 0.3 is 0 Å². The molecule has 2 N–H and O–H groups in total. The molecule has 1 rings (SSSR count). The molecule has 0 unspecified atom stereocenters. The maximum atomic E-state index is 11.5. The van der Waals surface area contributed by atoms with Gasteiger partial charge in [0.1, 0.15) is 0 Å². The number of carbonyl (C=O) groups is 1. The molecular formula is C10H21N3O2. The first kappa shape index (κ1) is 12.4. The molecule has 0 aliphatic carbocycles. The molecule has 0 aromatic carbocycles. The monoisotopic (exact) mass is 215 g/mol. The van der Waals surface area contributed by atoms with Crippen LogP contribution in [0, 0.1) is 0 Å². The summed E-state index contributed by atoms with van der Waals surface area (Å²) in [6.45, 7) is 6.67. The molecule has 0 aromatic heterocycles. The molecule has 15 heavy (non-hydrogen) atoms. The van der Waals surface area contributed by atoms with Crippen LogP contribution in [0.25, 0.3) is 0 Å². The van der Waals surface area contributed by atoms with Crippen molar-refractivity contribution in [1.82, 2.24) is 15.5 Å². The number of hydrogen-bond donors (Lipinski definition) is 2. The van der Waals surface area contributed by atoms with Crippen LogP contribution in [0.5, 0.6) is 0 Å². The minimum Gasteiger partial charge on any atom is -0.383 e. The predicted molar refractivity (Wildman–Crippen MR) is 58.8 cm³/mol. The van der Waals surface area contributed by atoms with Gasteiger partial charge in [0.2, 0.25) is 5.91 Å². The second kappa shape index (κ2) is 6.76. The lowest BCUT2D eigenvalue weighted by Crippen LogP contribution is -2.52. The van der Waals surface area contributed by atoms with Gasteiger partial charge in [-0.25, -0.2) is 0 Å². The van der Waals surface area contributed by atoms with E-state index in [4.69, 9.17) is 4.74 Å². The number of methoxy groups -OCH3 is 1. The molecule has 0 bridgehead atoms. The molecule has 1 atom stereocenters. The standard InChI is InChI=1S/C10H21N3O2/c1-9-7-11-3-5-13(9)8-10(14)12-4-6-15-2/h9,11H,3-8H2,1-2H3,(H,12,14)/t9-/m1/s1. The largest absolute Gasteiger partial charge is 0.383 e. The fraction of sp³-hybridized carbons (Fsp3) is 0.900. The highest BCUT2D eigenvalue weighted by atomic mass is 16.5. The van der Waals surface area contributed by atoms with Crippen molar-refractivity contribution in [2.45, 2.75) is 13.0 Å². The Hall–Kier alpha value is -0.650. The van der Waals surface area contributed by atoms with Crippen LogP contribution in [0.2, 0.25) is 0 Å². The summed E-state index contributed by atoms with van der Waals surface area (Å²) in [7, 11) is 1.63. The summed E-state index contributed by atoms with van der Waals surface area (Å²) >= 11 is 0. The predicted octanol–water partition coefficient (Wildman–Crippen LogP) is -0.957. The Morgan fingerprint density at radius 1 is 1.67 bits per heavy atom. The molecule has 0 aromatic rings. The van der Waals surface area contributed by atoms with Gasteiger partial charge in [-0.3, -0.25) is 9.69 Å². The summed E-state index contributed by atoms with van der Waals surface area (Å²) in [6.07, 6.45) is 0. The fourth-order valence-electron chi connectivity index (χ4n) is 1.65. The summed E-state index contributed by atoms with van der Waals surface area (Å²) in [5.74, 6) is 0.0841. The number of ether oxygens (including phenoxy) is 1. The van der Waals surface area contributed by atoms with Crippen LogP contribution in [-0.2, 0) is 9.53 Å². The molecule has 1 aliphatic rings. The van der Waals surface area contributed by atoms with Crippen molar-refractivity contribution in [1.29, 1.82) is 0 Å². The van der Waals surface area contributed by atoms with Crippen LogP contribution < -0.4 is 10.6 Å². The lowest BCUT2D eigenvalue weighted by Gasteiger charge is -2.33. The third-order valence-electron chi connectivity index (χ3n) is 2.61. The average molecular weight is 215 g/mol. The number of nitrogens with one attached hydrogen (secondary N) is 2. The fourth-order valence-corrected chi connectivity index (χ4v) is 1.65. The van der Waals surface area contributed by atoms with Crippen molar-refractivity contribution in [3.8, 4) is 0 Å². The van der Waals surface area contributed by atoms with Gasteiger partial charge in [-0.15, -0.1) is 0 Å². The van der Waals surface area contributed by atoms with E-state index in [1.807, 2.05) is 0 Å². The van der Waals surface area contributed by atoms with Crippen LogP contribution >= 0.6 is 0 Å². The zero-order chi connectivity index (χ0) is 11.1. The molecular weight excluding hydrogens is 194 g/mol.